The van der Waals surface area contributed by atoms with Crippen LogP contribution in [0.2, 0.25) is 0 Å². The lowest BCUT2D eigenvalue weighted by atomic mass is 10.1. The molecule has 18 heavy (non-hydrogen) atoms. The molecular weight excluding hydrogens is 231 g/mol. The van der Waals surface area contributed by atoms with Crippen LogP contribution in [0.1, 0.15) is 17.0 Å². The van der Waals surface area contributed by atoms with Gasteiger partial charge in [0, 0.05) is 6.54 Å². The molecule has 1 N–H and O–H groups in total. The quantitative estimate of drug-likeness (QED) is 0.899. The third-order valence-corrected chi connectivity index (χ3v) is 2.70. The number of nitrogens with zero attached hydrogens (tertiary/aromatic N) is 3. The van der Waals surface area contributed by atoms with E-state index in [-0.39, 0.29) is 5.82 Å². The highest BCUT2D eigenvalue weighted by molar-refractivity contribution is 5.25. The van der Waals surface area contributed by atoms with Gasteiger partial charge in [0.1, 0.15) is 5.82 Å². The van der Waals surface area contributed by atoms with Crippen LogP contribution in [0, 0.1) is 19.7 Å². The number of aromatic nitrogens is 3. The molecule has 94 valence electrons. The van der Waals surface area contributed by atoms with Crippen LogP contribution < -0.4 is 5.32 Å². The summed E-state index contributed by atoms with van der Waals surface area (Å²) in [6, 6.07) is 6.47. The maximum atomic E-state index is 12.7. The zero-order valence-corrected chi connectivity index (χ0v) is 10.4. The molecule has 0 bridgehead atoms. The van der Waals surface area contributed by atoms with Crippen molar-refractivity contribution in [1.29, 1.82) is 0 Å². The maximum Gasteiger partial charge on any atom is 0.242 e. The lowest BCUT2D eigenvalue weighted by molar-refractivity contribution is 0.627. The van der Waals surface area contributed by atoms with E-state index >= 15 is 0 Å². The zero-order chi connectivity index (χ0) is 13.0. The number of aryl methyl sites for hydroxylation is 2. The number of rotatable bonds is 4. The van der Waals surface area contributed by atoms with E-state index in [0.717, 1.165) is 23.4 Å². The van der Waals surface area contributed by atoms with Crippen LogP contribution in [0.4, 0.5) is 10.3 Å². The second-order valence-corrected chi connectivity index (χ2v) is 4.11. The second kappa shape index (κ2) is 5.53. The van der Waals surface area contributed by atoms with Gasteiger partial charge < -0.3 is 5.32 Å². The third-order valence-electron chi connectivity index (χ3n) is 2.70. The van der Waals surface area contributed by atoms with Crippen LogP contribution in [0.15, 0.2) is 24.3 Å². The molecule has 1 aromatic carbocycles. The Hall–Kier alpha value is -2.04. The molecule has 0 saturated heterocycles. The first kappa shape index (κ1) is 12.4. The van der Waals surface area contributed by atoms with E-state index in [9.17, 15) is 4.39 Å². The van der Waals surface area contributed by atoms with Crippen molar-refractivity contribution in [3.8, 4) is 0 Å². The van der Waals surface area contributed by atoms with E-state index in [1.165, 1.54) is 12.1 Å². The van der Waals surface area contributed by atoms with Crippen molar-refractivity contribution in [1.82, 2.24) is 15.2 Å². The summed E-state index contributed by atoms with van der Waals surface area (Å²) in [6.07, 6.45) is 0.788. The van der Waals surface area contributed by atoms with Gasteiger partial charge in [0.05, 0.1) is 11.4 Å². The third kappa shape index (κ3) is 3.23. The lowest BCUT2D eigenvalue weighted by Gasteiger charge is -2.05. The van der Waals surface area contributed by atoms with Crippen molar-refractivity contribution in [2.45, 2.75) is 20.3 Å². The van der Waals surface area contributed by atoms with E-state index in [4.69, 9.17) is 0 Å². The Morgan fingerprint density at radius 1 is 1.06 bits per heavy atom. The smallest absolute Gasteiger partial charge is 0.242 e. The number of hydrogen-bond donors (Lipinski definition) is 1. The van der Waals surface area contributed by atoms with Crippen molar-refractivity contribution in [2.75, 3.05) is 11.9 Å². The predicted octanol–water partition coefficient (Wildman–Crippen LogP) is 2.28. The average Bonchev–Trinajstić information content (AvgIpc) is 2.36. The number of hydrogen-bond acceptors (Lipinski definition) is 4. The Labute approximate surface area is 105 Å². The molecule has 0 atom stereocenters. The van der Waals surface area contributed by atoms with Crippen molar-refractivity contribution >= 4 is 5.95 Å². The Morgan fingerprint density at radius 2 is 1.78 bits per heavy atom. The molecule has 5 heteroatoms. The highest BCUT2D eigenvalue weighted by Gasteiger charge is 2.00. The lowest BCUT2D eigenvalue weighted by Crippen LogP contribution is -2.10. The zero-order valence-electron chi connectivity index (χ0n) is 10.4. The molecule has 4 nitrogen and oxygen atoms in total. The van der Waals surface area contributed by atoms with Crippen LogP contribution in [-0.4, -0.2) is 21.7 Å². The molecule has 0 unspecified atom stereocenters. The van der Waals surface area contributed by atoms with Gasteiger partial charge in [0.2, 0.25) is 5.95 Å². The minimum Gasteiger partial charge on any atom is -0.353 e. The van der Waals surface area contributed by atoms with Crippen LogP contribution in [0.3, 0.4) is 0 Å². The minimum absolute atomic E-state index is 0.214. The highest BCUT2D eigenvalue weighted by Crippen LogP contribution is 2.05. The first-order valence-electron chi connectivity index (χ1n) is 5.81. The first-order chi connectivity index (χ1) is 8.65. The molecule has 0 aliphatic carbocycles. The summed E-state index contributed by atoms with van der Waals surface area (Å²) < 4.78 is 12.7. The normalized spacial score (nSPS) is 10.4. The summed E-state index contributed by atoms with van der Waals surface area (Å²) in [4.78, 5) is 4.27. The fourth-order valence-electron chi connectivity index (χ4n) is 1.50. The van der Waals surface area contributed by atoms with Gasteiger partial charge in [-0.2, -0.15) is 5.10 Å². The molecule has 2 rings (SSSR count). The molecule has 0 aliphatic heterocycles. The largest absolute Gasteiger partial charge is 0.353 e. The standard InChI is InChI=1S/C13H15FN4/c1-9-10(2)17-18-13(16-9)15-8-7-11-3-5-12(14)6-4-11/h3-6H,7-8H2,1-2H3,(H,15,16,18). The number of benzene rings is 1. The van der Waals surface area contributed by atoms with Gasteiger partial charge in [-0.15, -0.1) is 5.10 Å². The van der Waals surface area contributed by atoms with Crippen molar-refractivity contribution in [2.24, 2.45) is 0 Å². The van der Waals surface area contributed by atoms with Crippen LogP contribution >= 0.6 is 0 Å². The molecule has 0 saturated carbocycles. The molecule has 0 radical (unpaired) electrons. The van der Waals surface area contributed by atoms with Gasteiger partial charge in [-0.25, -0.2) is 9.37 Å². The van der Waals surface area contributed by atoms with Crippen LogP contribution in [0.5, 0.6) is 0 Å². The van der Waals surface area contributed by atoms with Gasteiger partial charge in [-0.3, -0.25) is 0 Å². The van der Waals surface area contributed by atoms with E-state index < -0.39 is 0 Å². The Balaban J connectivity index is 1.88. The van der Waals surface area contributed by atoms with E-state index in [2.05, 4.69) is 20.5 Å². The summed E-state index contributed by atoms with van der Waals surface area (Å²) in [5, 5.41) is 11.0. The SMILES string of the molecule is Cc1nnc(NCCc2ccc(F)cc2)nc1C. The average molecular weight is 246 g/mol. The minimum atomic E-state index is -0.214. The topological polar surface area (TPSA) is 50.7 Å². The van der Waals surface area contributed by atoms with Crippen LogP contribution in [-0.2, 0) is 6.42 Å². The number of halogens is 1. The van der Waals surface area contributed by atoms with E-state index in [1.54, 1.807) is 12.1 Å². The van der Waals surface area contributed by atoms with Crippen LogP contribution in [0.25, 0.3) is 0 Å². The maximum absolute atomic E-state index is 12.7. The van der Waals surface area contributed by atoms with Gasteiger partial charge >= 0.3 is 0 Å². The van der Waals surface area contributed by atoms with Crippen molar-refractivity contribution < 1.29 is 4.39 Å². The molecule has 1 heterocycles. The summed E-state index contributed by atoms with van der Waals surface area (Å²) in [5.41, 5.74) is 2.77. The van der Waals surface area contributed by atoms with Gasteiger partial charge in [0.25, 0.3) is 0 Å². The summed E-state index contributed by atoms with van der Waals surface area (Å²) in [5.74, 6) is 0.314. The Bertz CT molecular complexity index is 525. The molecular formula is C13H15FN4. The Kier molecular flexibility index (Phi) is 3.82. The fourth-order valence-corrected chi connectivity index (χ4v) is 1.50. The molecule has 0 spiro atoms. The monoisotopic (exact) mass is 246 g/mol. The van der Waals surface area contributed by atoms with Gasteiger partial charge in [0.15, 0.2) is 0 Å². The highest BCUT2D eigenvalue weighted by atomic mass is 19.1. The summed E-state index contributed by atoms with van der Waals surface area (Å²) in [7, 11) is 0. The van der Waals surface area contributed by atoms with Crippen molar-refractivity contribution in [3.05, 3.63) is 47.0 Å². The summed E-state index contributed by atoms with van der Waals surface area (Å²) in [6.45, 7) is 4.46. The summed E-state index contributed by atoms with van der Waals surface area (Å²) >= 11 is 0. The van der Waals surface area contributed by atoms with Gasteiger partial charge in [-0.1, -0.05) is 12.1 Å². The van der Waals surface area contributed by atoms with Crippen molar-refractivity contribution in [3.63, 3.8) is 0 Å². The fraction of sp³-hybridized carbons (Fsp3) is 0.308. The molecule has 0 aliphatic rings. The first-order valence-corrected chi connectivity index (χ1v) is 5.81. The van der Waals surface area contributed by atoms with E-state index in [0.29, 0.717) is 12.5 Å². The van der Waals surface area contributed by atoms with Gasteiger partial charge in [-0.05, 0) is 38.0 Å². The van der Waals surface area contributed by atoms with E-state index in [1.807, 2.05) is 13.8 Å². The Morgan fingerprint density at radius 3 is 2.44 bits per heavy atom. The molecule has 0 fully saturated rings. The second-order valence-electron chi connectivity index (χ2n) is 4.11. The predicted molar refractivity (Wildman–Crippen MR) is 67.9 cm³/mol. The molecule has 0 amide bonds. The number of anilines is 1. The molecule has 1 aromatic heterocycles. The number of nitrogens with one attached hydrogen (secondary N) is 1. The molecule has 2 aromatic rings.